The number of halogens is 1. The Balaban J connectivity index is 2.63. The van der Waals surface area contributed by atoms with Crippen LogP contribution >= 0.6 is 0 Å². The fraction of sp³-hybridized carbons (Fsp3) is 0.500. The summed E-state index contributed by atoms with van der Waals surface area (Å²) in [4.78, 5) is 2.04. The molecule has 0 fully saturated rings. The highest BCUT2D eigenvalue weighted by Gasteiger charge is 2.04. The SMILES string of the molecule is CNCc1cc(F)ccc1OCCN(C)C. The molecule has 90 valence electrons. The molecule has 0 radical (unpaired) electrons. The molecule has 4 heteroatoms. The third kappa shape index (κ3) is 4.16. The standard InChI is InChI=1S/C12H19FN2O/c1-14-9-10-8-11(13)4-5-12(10)16-7-6-15(2)3/h4-5,8,14H,6-7,9H2,1-3H3. The van der Waals surface area contributed by atoms with Crippen molar-refractivity contribution in [3.8, 4) is 5.75 Å². The van der Waals surface area contributed by atoms with Gasteiger partial charge in [-0.25, -0.2) is 4.39 Å². The molecule has 0 atom stereocenters. The van der Waals surface area contributed by atoms with Gasteiger partial charge in [0.2, 0.25) is 0 Å². The van der Waals surface area contributed by atoms with Gasteiger partial charge in [0.05, 0.1) is 0 Å². The van der Waals surface area contributed by atoms with Crippen molar-refractivity contribution < 1.29 is 9.13 Å². The molecular weight excluding hydrogens is 207 g/mol. The second-order valence-electron chi connectivity index (χ2n) is 3.93. The van der Waals surface area contributed by atoms with E-state index in [1.165, 1.54) is 12.1 Å². The first kappa shape index (κ1) is 12.9. The maximum absolute atomic E-state index is 13.0. The molecule has 1 aromatic rings. The van der Waals surface area contributed by atoms with Crippen LogP contribution in [0.25, 0.3) is 0 Å². The lowest BCUT2D eigenvalue weighted by molar-refractivity contribution is 0.259. The molecule has 0 bridgehead atoms. The van der Waals surface area contributed by atoms with Gasteiger partial charge in [0, 0.05) is 18.7 Å². The molecule has 0 aliphatic heterocycles. The fourth-order valence-electron chi connectivity index (χ4n) is 1.36. The van der Waals surface area contributed by atoms with Gasteiger partial charge >= 0.3 is 0 Å². The van der Waals surface area contributed by atoms with Gasteiger partial charge in [0.15, 0.2) is 0 Å². The largest absolute Gasteiger partial charge is 0.492 e. The van der Waals surface area contributed by atoms with Crippen molar-refractivity contribution >= 4 is 0 Å². The lowest BCUT2D eigenvalue weighted by Gasteiger charge is -2.14. The van der Waals surface area contributed by atoms with Gasteiger partial charge in [-0.1, -0.05) is 0 Å². The number of hydrogen-bond acceptors (Lipinski definition) is 3. The minimum Gasteiger partial charge on any atom is -0.492 e. The summed E-state index contributed by atoms with van der Waals surface area (Å²) in [5, 5.41) is 2.99. The smallest absolute Gasteiger partial charge is 0.124 e. The van der Waals surface area contributed by atoms with E-state index in [0.717, 1.165) is 17.9 Å². The first-order valence-electron chi connectivity index (χ1n) is 5.34. The summed E-state index contributed by atoms with van der Waals surface area (Å²) in [6, 6.07) is 4.60. The third-order valence-corrected chi connectivity index (χ3v) is 2.19. The number of nitrogens with zero attached hydrogens (tertiary/aromatic N) is 1. The van der Waals surface area contributed by atoms with E-state index in [4.69, 9.17) is 4.74 Å². The minimum absolute atomic E-state index is 0.231. The molecule has 0 amide bonds. The van der Waals surface area contributed by atoms with Gasteiger partial charge in [-0.2, -0.15) is 0 Å². The first-order chi connectivity index (χ1) is 7.63. The van der Waals surface area contributed by atoms with Crippen molar-refractivity contribution in [2.75, 3.05) is 34.3 Å². The summed E-state index contributed by atoms with van der Waals surface area (Å²) in [5.41, 5.74) is 0.848. The van der Waals surface area contributed by atoms with Gasteiger partial charge in [0.25, 0.3) is 0 Å². The minimum atomic E-state index is -0.231. The highest BCUT2D eigenvalue weighted by Crippen LogP contribution is 2.19. The van der Waals surface area contributed by atoms with Gasteiger partial charge in [-0.15, -0.1) is 0 Å². The summed E-state index contributed by atoms with van der Waals surface area (Å²) in [5.74, 6) is 0.516. The molecule has 0 aliphatic carbocycles. The molecule has 0 aromatic heterocycles. The summed E-state index contributed by atoms with van der Waals surface area (Å²) in [6.45, 7) is 2.06. The predicted molar refractivity (Wildman–Crippen MR) is 63.2 cm³/mol. The Morgan fingerprint density at radius 3 is 2.75 bits per heavy atom. The molecule has 0 saturated carbocycles. The van der Waals surface area contributed by atoms with Crippen molar-refractivity contribution in [2.24, 2.45) is 0 Å². The van der Waals surface area contributed by atoms with Gasteiger partial charge < -0.3 is 15.0 Å². The number of benzene rings is 1. The number of hydrogen-bond donors (Lipinski definition) is 1. The molecule has 0 aliphatic rings. The van der Waals surface area contributed by atoms with Crippen LogP contribution in [0.3, 0.4) is 0 Å². The maximum atomic E-state index is 13.0. The van der Waals surface area contributed by atoms with Crippen LogP contribution in [0.15, 0.2) is 18.2 Å². The van der Waals surface area contributed by atoms with Crippen molar-refractivity contribution in [2.45, 2.75) is 6.54 Å². The zero-order chi connectivity index (χ0) is 12.0. The summed E-state index contributed by atoms with van der Waals surface area (Å²) in [7, 11) is 5.81. The second-order valence-corrected chi connectivity index (χ2v) is 3.93. The molecule has 3 nitrogen and oxygen atoms in total. The zero-order valence-corrected chi connectivity index (χ0v) is 10.1. The molecule has 0 heterocycles. The number of ether oxygens (including phenoxy) is 1. The van der Waals surface area contributed by atoms with E-state index >= 15 is 0 Å². The Morgan fingerprint density at radius 2 is 2.12 bits per heavy atom. The number of nitrogens with one attached hydrogen (secondary N) is 1. The Morgan fingerprint density at radius 1 is 1.38 bits per heavy atom. The summed E-state index contributed by atoms with van der Waals surface area (Å²) < 4.78 is 18.6. The Labute approximate surface area is 96.2 Å². The van der Waals surface area contributed by atoms with Crippen LogP contribution in [0.1, 0.15) is 5.56 Å². The molecule has 0 saturated heterocycles. The van der Waals surface area contributed by atoms with Crippen molar-refractivity contribution in [3.05, 3.63) is 29.6 Å². The van der Waals surface area contributed by atoms with Gasteiger partial charge in [0.1, 0.15) is 18.2 Å². The van der Waals surface area contributed by atoms with E-state index in [1.54, 1.807) is 6.07 Å². The van der Waals surface area contributed by atoms with E-state index in [2.05, 4.69) is 5.32 Å². The molecule has 1 rings (SSSR count). The van der Waals surface area contributed by atoms with Crippen LogP contribution < -0.4 is 10.1 Å². The van der Waals surface area contributed by atoms with Crippen LogP contribution in [0.5, 0.6) is 5.75 Å². The summed E-state index contributed by atoms with van der Waals surface area (Å²) in [6.07, 6.45) is 0. The summed E-state index contributed by atoms with van der Waals surface area (Å²) >= 11 is 0. The quantitative estimate of drug-likeness (QED) is 0.795. The monoisotopic (exact) mass is 226 g/mol. The lowest BCUT2D eigenvalue weighted by Crippen LogP contribution is -2.20. The molecular formula is C12H19FN2O. The second kappa shape index (κ2) is 6.45. The predicted octanol–water partition coefficient (Wildman–Crippen LogP) is 1.49. The Bertz CT molecular complexity index is 329. The van der Waals surface area contributed by atoms with E-state index < -0.39 is 0 Å². The van der Waals surface area contributed by atoms with E-state index in [0.29, 0.717) is 13.2 Å². The Hall–Kier alpha value is -1.13. The molecule has 0 spiro atoms. The highest BCUT2D eigenvalue weighted by molar-refractivity contribution is 5.33. The van der Waals surface area contributed by atoms with Crippen LogP contribution in [-0.2, 0) is 6.54 Å². The van der Waals surface area contributed by atoms with Crippen LogP contribution in [0.4, 0.5) is 4.39 Å². The van der Waals surface area contributed by atoms with Crippen LogP contribution in [0.2, 0.25) is 0 Å². The average Bonchev–Trinajstić information content (AvgIpc) is 2.21. The number of likely N-dealkylation sites (N-methyl/N-ethyl adjacent to an activating group) is 1. The maximum Gasteiger partial charge on any atom is 0.124 e. The molecule has 0 unspecified atom stereocenters. The van der Waals surface area contributed by atoms with Crippen molar-refractivity contribution in [1.82, 2.24) is 10.2 Å². The van der Waals surface area contributed by atoms with E-state index in [-0.39, 0.29) is 5.82 Å². The average molecular weight is 226 g/mol. The molecule has 1 N–H and O–H groups in total. The topological polar surface area (TPSA) is 24.5 Å². The Kier molecular flexibility index (Phi) is 5.22. The highest BCUT2D eigenvalue weighted by atomic mass is 19.1. The van der Waals surface area contributed by atoms with Crippen LogP contribution in [-0.4, -0.2) is 39.2 Å². The third-order valence-electron chi connectivity index (χ3n) is 2.19. The first-order valence-corrected chi connectivity index (χ1v) is 5.34. The molecule has 16 heavy (non-hydrogen) atoms. The van der Waals surface area contributed by atoms with Gasteiger partial charge in [-0.3, -0.25) is 0 Å². The van der Waals surface area contributed by atoms with E-state index in [9.17, 15) is 4.39 Å². The molecule has 1 aromatic carbocycles. The fourth-order valence-corrected chi connectivity index (χ4v) is 1.36. The lowest BCUT2D eigenvalue weighted by atomic mass is 10.2. The number of rotatable bonds is 6. The van der Waals surface area contributed by atoms with Crippen molar-refractivity contribution in [3.63, 3.8) is 0 Å². The van der Waals surface area contributed by atoms with Crippen molar-refractivity contribution in [1.29, 1.82) is 0 Å². The normalized spacial score (nSPS) is 10.8. The zero-order valence-electron chi connectivity index (χ0n) is 10.1. The van der Waals surface area contributed by atoms with E-state index in [1.807, 2.05) is 26.0 Å². The van der Waals surface area contributed by atoms with Gasteiger partial charge in [-0.05, 0) is 39.3 Å². The van der Waals surface area contributed by atoms with Crippen LogP contribution in [0, 0.1) is 5.82 Å².